The van der Waals surface area contributed by atoms with Crippen LogP contribution in [-0.2, 0) is 9.53 Å². The Labute approximate surface area is 222 Å². The highest BCUT2D eigenvalue weighted by Crippen LogP contribution is 2.51. The lowest BCUT2D eigenvalue weighted by molar-refractivity contribution is -0.144. The van der Waals surface area contributed by atoms with Gasteiger partial charge in [0.2, 0.25) is 0 Å². The number of carbonyl (C=O) groups is 1. The van der Waals surface area contributed by atoms with Crippen LogP contribution in [0.15, 0.2) is 47.8 Å². The van der Waals surface area contributed by atoms with E-state index in [9.17, 15) is 4.79 Å². The Morgan fingerprint density at radius 1 is 0.556 bits per heavy atom. The molecule has 0 radical (unpaired) electrons. The second kappa shape index (κ2) is 17.0. The lowest BCUT2D eigenvalue weighted by Crippen LogP contribution is -2.39. The van der Waals surface area contributed by atoms with Crippen molar-refractivity contribution in [3.05, 3.63) is 47.8 Å². The molecule has 0 aromatic heterocycles. The van der Waals surface area contributed by atoms with Gasteiger partial charge in [-0.1, -0.05) is 102 Å². The zero-order chi connectivity index (χ0) is 25.3. The predicted molar refractivity (Wildman–Crippen MR) is 154 cm³/mol. The van der Waals surface area contributed by atoms with Gasteiger partial charge < -0.3 is 4.74 Å². The highest BCUT2D eigenvalue weighted by Gasteiger charge is 2.48. The first kappa shape index (κ1) is 29.0. The molecule has 0 aromatic carbocycles. The first-order valence-corrected chi connectivity index (χ1v) is 15.7. The van der Waals surface area contributed by atoms with E-state index < -0.39 is 5.41 Å². The smallest absolute Gasteiger partial charge is 0.329 e. The Morgan fingerprint density at radius 2 is 0.861 bits per heavy atom. The van der Waals surface area contributed by atoms with Crippen molar-refractivity contribution in [2.24, 2.45) is 5.41 Å². The number of hydrogen-bond acceptors (Lipinski definition) is 2. The van der Waals surface area contributed by atoms with E-state index in [0.29, 0.717) is 0 Å². The molecule has 3 rings (SSSR count). The van der Waals surface area contributed by atoms with Crippen molar-refractivity contribution in [3.63, 3.8) is 0 Å². The Bertz CT molecular complexity index is 670. The molecule has 0 N–H and O–H groups in total. The van der Waals surface area contributed by atoms with Crippen LogP contribution in [0.1, 0.15) is 154 Å². The number of allylic oxidation sites excluding steroid dienone is 3. The van der Waals surface area contributed by atoms with Crippen molar-refractivity contribution in [2.45, 2.75) is 154 Å². The summed E-state index contributed by atoms with van der Waals surface area (Å²) >= 11 is 0. The molecule has 2 nitrogen and oxygen atoms in total. The normalized spacial score (nSPS) is 27.1. The van der Waals surface area contributed by atoms with Crippen LogP contribution in [0.4, 0.5) is 0 Å². The van der Waals surface area contributed by atoms with E-state index in [4.69, 9.17) is 4.74 Å². The maximum absolute atomic E-state index is 14.4. The molecule has 0 fully saturated rings. The number of carbonyl (C=O) groups excluding carboxylic acids is 1. The van der Waals surface area contributed by atoms with E-state index in [-0.39, 0.29) is 5.97 Å². The molecule has 202 valence electrons. The molecule has 3 aliphatic carbocycles. The minimum absolute atomic E-state index is 0.0765. The summed E-state index contributed by atoms with van der Waals surface area (Å²) in [5, 5.41) is 0. The van der Waals surface area contributed by atoms with E-state index in [1.165, 1.54) is 139 Å². The first-order chi connectivity index (χ1) is 17.8. The number of ether oxygens (including phenoxy) is 1. The number of esters is 1. The van der Waals surface area contributed by atoms with Gasteiger partial charge in [0, 0.05) is 0 Å². The largest absolute Gasteiger partial charge is 0.434 e. The zero-order valence-electron chi connectivity index (χ0n) is 23.3. The summed E-state index contributed by atoms with van der Waals surface area (Å²) in [7, 11) is 0. The van der Waals surface area contributed by atoms with Crippen LogP contribution in [0.3, 0.4) is 0 Å². The van der Waals surface area contributed by atoms with Crippen LogP contribution < -0.4 is 0 Å². The van der Waals surface area contributed by atoms with Gasteiger partial charge in [0.15, 0.2) is 0 Å². The summed E-state index contributed by atoms with van der Waals surface area (Å²) in [6, 6.07) is 0. The van der Waals surface area contributed by atoms with Gasteiger partial charge in [-0.05, 0) is 93.8 Å². The second-order valence-electron chi connectivity index (χ2n) is 11.5. The molecule has 0 saturated heterocycles. The fourth-order valence-corrected chi connectivity index (χ4v) is 6.83. The van der Waals surface area contributed by atoms with Gasteiger partial charge in [-0.2, -0.15) is 0 Å². The molecule has 0 heterocycles. The maximum atomic E-state index is 14.4. The SMILES string of the molecule is C=COC(=O)C(/C1=C\CCCCCCCC1)(/C1=C/CCCCCCCC1)/C1=C/CCCCCCCC1. The van der Waals surface area contributed by atoms with Crippen molar-refractivity contribution in [3.8, 4) is 0 Å². The summed E-state index contributed by atoms with van der Waals surface area (Å²) in [4.78, 5) is 14.4. The lowest BCUT2D eigenvalue weighted by Gasteiger charge is -2.40. The topological polar surface area (TPSA) is 26.3 Å². The van der Waals surface area contributed by atoms with Crippen molar-refractivity contribution in [1.82, 2.24) is 0 Å². The van der Waals surface area contributed by atoms with Gasteiger partial charge in [0.25, 0.3) is 0 Å². The molecule has 0 amide bonds. The second-order valence-corrected chi connectivity index (χ2v) is 11.5. The summed E-state index contributed by atoms with van der Waals surface area (Å²) in [6.07, 6.45) is 38.1. The molecule has 0 unspecified atom stereocenters. The van der Waals surface area contributed by atoms with Gasteiger partial charge in [-0.3, -0.25) is 0 Å². The fraction of sp³-hybridized carbons (Fsp3) is 0.735. The van der Waals surface area contributed by atoms with Crippen LogP contribution in [0.2, 0.25) is 0 Å². The average Bonchev–Trinajstić information content (AvgIpc) is 2.90. The number of rotatable bonds is 5. The van der Waals surface area contributed by atoms with E-state index in [1.807, 2.05) is 0 Å². The Balaban J connectivity index is 2.17. The zero-order valence-corrected chi connectivity index (χ0v) is 23.3. The molecule has 0 aliphatic heterocycles. The van der Waals surface area contributed by atoms with Crippen LogP contribution >= 0.6 is 0 Å². The van der Waals surface area contributed by atoms with Crippen molar-refractivity contribution in [1.29, 1.82) is 0 Å². The van der Waals surface area contributed by atoms with Gasteiger partial charge in [-0.15, -0.1) is 0 Å². The molecule has 0 bridgehead atoms. The molecule has 3 aliphatic rings. The molecular formula is C34H54O2. The predicted octanol–water partition coefficient (Wildman–Crippen LogP) is 10.8. The highest BCUT2D eigenvalue weighted by atomic mass is 16.5. The van der Waals surface area contributed by atoms with Crippen LogP contribution in [0, 0.1) is 5.41 Å². The highest BCUT2D eigenvalue weighted by molar-refractivity contribution is 5.89. The summed E-state index contributed by atoms with van der Waals surface area (Å²) in [5.74, 6) is -0.0765. The molecule has 2 heteroatoms. The lowest BCUT2D eigenvalue weighted by atomic mass is 9.63. The summed E-state index contributed by atoms with van der Waals surface area (Å²) in [6.45, 7) is 3.83. The Morgan fingerprint density at radius 3 is 1.19 bits per heavy atom. The molecule has 0 saturated carbocycles. The average molecular weight is 495 g/mol. The third-order valence-corrected chi connectivity index (χ3v) is 8.81. The molecule has 36 heavy (non-hydrogen) atoms. The molecule has 0 aromatic rings. The monoisotopic (exact) mass is 494 g/mol. The van der Waals surface area contributed by atoms with E-state index in [2.05, 4.69) is 24.8 Å². The molecule has 0 spiro atoms. The molecule has 0 atom stereocenters. The van der Waals surface area contributed by atoms with Gasteiger partial charge >= 0.3 is 5.97 Å². The van der Waals surface area contributed by atoms with Crippen LogP contribution in [0.25, 0.3) is 0 Å². The summed E-state index contributed by atoms with van der Waals surface area (Å²) < 4.78 is 5.85. The van der Waals surface area contributed by atoms with Gasteiger partial charge in [0.05, 0.1) is 6.26 Å². The van der Waals surface area contributed by atoms with Crippen LogP contribution in [-0.4, -0.2) is 5.97 Å². The van der Waals surface area contributed by atoms with E-state index in [0.717, 1.165) is 38.5 Å². The Hall–Kier alpha value is -1.57. The minimum Gasteiger partial charge on any atom is -0.434 e. The third-order valence-electron chi connectivity index (χ3n) is 8.81. The Kier molecular flexibility index (Phi) is 13.7. The fourth-order valence-electron chi connectivity index (χ4n) is 6.83. The maximum Gasteiger partial charge on any atom is 0.329 e. The standard InChI is InChI=1S/C34H54O2/c1-2-36-33(35)34(30-24-18-12-6-3-7-13-19-25-30,31-26-20-14-8-4-9-15-21-27-31)32-28-22-16-10-5-11-17-23-29-32/h2,24,26,28H,1,3-23,25,27,29H2/b30-24-,31-26+,32-28+. The van der Waals surface area contributed by atoms with E-state index >= 15 is 0 Å². The molecular weight excluding hydrogens is 440 g/mol. The van der Waals surface area contributed by atoms with Crippen molar-refractivity contribution in [2.75, 3.05) is 0 Å². The van der Waals surface area contributed by atoms with E-state index in [1.54, 1.807) is 0 Å². The van der Waals surface area contributed by atoms with Gasteiger partial charge in [0.1, 0.15) is 5.41 Å². The van der Waals surface area contributed by atoms with Crippen LogP contribution in [0.5, 0.6) is 0 Å². The van der Waals surface area contributed by atoms with Crippen molar-refractivity contribution < 1.29 is 9.53 Å². The quantitative estimate of drug-likeness (QED) is 0.216. The number of hydrogen-bond donors (Lipinski definition) is 0. The minimum atomic E-state index is -0.716. The van der Waals surface area contributed by atoms with Crippen molar-refractivity contribution >= 4 is 5.97 Å². The summed E-state index contributed by atoms with van der Waals surface area (Å²) in [5.41, 5.74) is 3.33. The first-order valence-electron chi connectivity index (χ1n) is 15.7. The van der Waals surface area contributed by atoms with Gasteiger partial charge in [-0.25, -0.2) is 4.79 Å². The third kappa shape index (κ3) is 8.49.